The second-order valence-electron chi connectivity index (χ2n) is 6.88. The Hall–Kier alpha value is -1.24. The van der Waals surface area contributed by atoms with Crippen molar-refractivity contribution >= 4 is 35.6 Å². The average Bonchev–Trinajstić information content (AvgIpc) is 3.14. The average molecular weight is 454 g/mol. The summed E-state index contributed by atoms with van der Waals surface area (Å²) in [5.74, 6) is 1.91. The van der Waals surface area contributed by atoms with E-state index in [-0.39, 0.29) is 24.0 Å². The van der Waals surface area contributed by atoms with E-state index in [1.54, 1.807) is 0 Å². The lowest BCUT2D eigenvalue weighted by Gasteiger charge is -2.33. The van der Waals surface area contributed by atoms with E-state index < -0.39 is 0 Å². The Morgan fingerprint density at radius 1 is 1.12 bits per heavy atom. The Balaban J connectivity index is 0.00000225. The Bertz CT molecular complexity index is 566. The Kier molecular flexibility index (Phi) is 8.06. The monoisotopic (exact) mass is 454 g/mol. The number of benzene rings is 1. The van der Waals surface area contributed by atoms with Crippen molar-refractivity contribution < 1.29 is 0 Å². The number of aliphatic imine (C=N–C) groups is 1. The van der Waals surface area contributed by atoms with E-state index in [1.165, 1.54) is 24.1 Å². The maximum absolute atomic E-state index is 4.87. The largest absolute Gasteiger partial charge is 0.364 e. The van der Waals surface area contributed by atoms with Crippen LogP contribution in [-0.4, -0.2) is 43.6 Å². The van der Waals surface area contributed by atoms with Crippen molar-refractivity contribution in [3.05, 3.63) is 42.0 Å². The minimum Gasteiger partial charge on any atom is -0.364 e. The van der Waals surface area contributed by atoms with Gasteiger partial charge in [-0.05, 0) is 43.4 Å². The molecule has 0 saturated carbocycles. The number of halogens is 1. The van der Waals surface area contributed by atoms with E-state index in [1.807, 2.05) is 0 Å². The van der Waals surface area contributed by atoms with Crippen molar-refractivity contribution in [3.8, 4) is 0 Å². The molecule has 1 saturated heterocycles. The first-order valence-corrected chi connectivity index (χ1v) is 9.28. The quantitative estimate of drug-likeness (QED) is 0.324. The Morgan fingerprint density at radius 2 is 1.76 bits per heavy atom. The van der Waals surface area contributed by atoms with Gasteiger partial charge in [0.1, 0.15) is 0 Å². The van der Waals surface area contributed by atoms with Crippen molar-refractivity contribution in [2.75, 3.05) is 37.6 Å². The summed E-state index contributed by atoms with van der Waals surface area (Å²) in [6.45, 7) is 10.4. The molecule has 0 aliphatic carbocycles. The molecule has 0 spiro atoms. The van der Waals surface area contributed by atoms with Gasteiger partial charge in [0.2, 0.25) is 0 Å². The molecule has 0 aromatic heterocycles. The zero-order valence-electron chi connectivity index (χ0n) is 15.4. The molecule has 4 nitrogen and oxygen atoms in total. The van der Waals surface area contributed by atoms with Gasteiger partial charge < -0.3 is 15.1 Å². The third-order valence-electron chi connectivity index (χ3n) is 4.95. The molecule has 1 fully saturated rings. The van der Waals surface area contributed by atoms with Crippen LogP contribution in [0, 0.1) is 5.92 Å². The molecule has 0 unspecified atom stereocenters. The number of nitrogens with one attached hydrogen (secondary N) is 1. The summed E-state index contributed by atoms with van der Waals surface area (Å²) in [7, 11) is 0. The van der Waals surface area contributed by atoms with E-state index in [2.05, 4.69) is 65.4 Å². The van der Waals surface area contributed by atoms with Crippen LogP contribution in [0.5, 0.6) is 0 Å². The summed E-state index contributed by atoms with van der Waals surface area (Å²) in [5, 5.41) is 3.45. The zero-order chi connectivity index (χ0) is 16.8. The van der Waals surface area contributed by atoms with Crippen molar-refractivity contribution in [2.24, 2.45) is 10.9 Å². The molecule has 138 valence electrons. The second-order valence-corrected chi connectivity index (χ2v) is 6.88. The van der Waals surface area contributed by atoms with E-state index in [0.717, 1.165) is 51.1 Å². The van der Waals surface area contributed by atoms with Crippen LogP contribution < -0.4 is 10.2 Å². The molecule has 3 rings (SSSR count). The molecule has 0 amide bonds. The highest BCUT2D eigenvalue weighted by Gasteiger charge is 2.18. The van der Waals surface area contributed by atoms with Crippen molar-refractivity contribution in [1.29, 1.82) is 0 Å². The van der Waals surface area contributed by atoms with Gasteiger partial charge >= 0.3 is 0 Å². The van der Waals surface area contributed by atoms with Crippen LogP contribution in [0.15, 0.2) is 41.4 Å². The lowest BCUT2D eigenvalue weighted by molar-refractivity contribution is 0.273. The predicted octanol–water partition coefficient (Wildman–Crippen LogP) is 3.88. The van der Waals surface area contributed by atoms with Gasteiger partial charge in [0.15, 0.2) is 5.96 Å². The van der Waals surface area contributed by atoms with Gasteiger partial charge in [0.25, 0.3) is 0 Å². The summed E-state index contributed by atoms with van der Waals surface area (Å²) >= 11 is 0. The first-order chi connectivity index (χ1) is 11.8. The number of anilines is 1. The molecular weight excluding hydrogens is 423 g/mol. The minimum absolute atomic E-state index is 0. The van der Waals surface area contributed by atoms with E-state index in [4.69, 9.17) is 4.99 Å². The first kappa shape index (κ1) is 20.1. The van der Waals surface area contributed by atoms with Gasteiger partial charge in [-0.2, -0.15) is 0 Å². The van der Waals surface area contributed by atoms with Gasteiger partial charge in [-0.1, -0.05) is 31.2 Å². The van der Waals surface area contributed by atoms with Gasteiger partial charge in [-0.3, -0.25) is 0 Å². The smallest absolute Gasteiger partial charge is 0.194 e. The third kappa shape index (κ3) is 5.62. The number of likely N-dealkylation sites (tertiary alicyclic amines) is 1. The molecule has 2 aliphatic heterocycles. The third-order valence-corrected chi connectivity index (χ3v) is 4.95. The van der Waals surface area contributed by atoms with Gasteiger partial charge in [-0.25, -0.2) is 4.99 Å². The van der Waals surface area contributed by atoms with Crippen molar-refractivity contribution in [1.82, 2.24) is 10.2 Å². The molecule has 1 aromatic carbocycles. The minimum atomic E-state index is 0. The lowest BCUT2D eigenvalue weighted by Crippen LogP contribution is -2.45. The van der Waals surface area contributed by atoms with E-state index in [9.17, 15) is 0 Å². The van der Waals surface area contributed by atoms with Crippen LogP contribution >= 0.6 is 24.0 Å². The van der Waals surface area contributed by atoms with Gasteiger partial charge in [0, 0.05) is 38.4 Å². The van der Waals surface area contributed by atoms with E-state index in [0.29, 0.717) is 0 Å². The summed E-state index contributed by atoms with van der Waals surface area (Å²) in [6, 6.07) is 8.85. The van der Waals surface area contributed by atoms with Crippen molar-refractivity contribution in [2.45, 2.75) is 33.2 Å². The zero-order valence-corrected chi connectivity index (χ0v) is 17.8. The fourth-order valence-corrected chi connectivity index (χ4v) is 3.31. The molecule has 2 heterocycles. The number of piperidine rings is 1. The molecule has 1 N–H and O–H groups in total. The topological polar surface area (TPSA) is 30.9 Å². The molecule has 5 heteroatoms. The van der Waals surface area contributed by atoms with Crippen LogP contribution in [-0.2, 0) is 6.54 Å². The molecule has 2 aliphatic rings. The number of nitrogens with zero attached hydrogens (tertiary/aromatic N) is 3. The summed E-state index contributed by atoms with van der Waals surface area (Å²) in [4.78, 5) is 9.64. The van der Waals surface area contributed by atoms with Crippen LogP contribution in [0.3, 0.4) is 0 Å². The molecule has 1 aromatic rings. The second kappa shape index (κ2) is 10.0. The Labute approximate surface area is 169 Å². The van der Waals surface area contributed by atoms with Crippen LogP contribution in [0.25, 0.3) is 0 Å². The molecular formula is C20H31IN4. The lowest BCUT2D eigenvalue weighted by atomic mass is 10.00. The summed E-state index contributed by atoms with van der Waals surface area (Å²) in [6.07, 6.45) is 6.98. The molecule has 25 heavy (non-hydrogen) atoms. The highest BCUT2D eigenvalue weighted by molar-refractivity contribution is 14.0. The standard InChI is InChI=1S/C20H30N4.HI/c1-3-21-20(24-14-10-17(2)11-15-24)22-16-18-6-8-19(9-7-18)23-12-4-5-13-23;/h4-9,17H,3,10-16H2,1-2H3,(H,21,22);1H. The first-order valence-electron chi connectivity index (χ1n) is 9.28. The van der Waals surface area contributed by atoms with Crippen LogP contribution in [0.2, 0.25) is 0 Å². The molecule has 0 radical (unpaired) electrons. The van der Waals surface area contributed by atoms with Gasteiger partial charge in [-0.15, -0.1) is 24.0 Å². The van der Waals surface area contributed by atoms with Gasteiger partial charge in [0.05, 0.1) is 6.54 Å². The van der Waals surface area contributed by atoms with Crippen molar-refractivity contribution in [3.63, 3.8) is 0 Å². The molecule has 0 bridgehead atoms. The number of rotatable bonds is 4. The predicted molar refractivity (Wildman–Crippen MR) is 118 cm³/mol. The molecule has 0 atom stereocenters. The normalized spacial score (nSPS) is 18.4. The SMILES string of the molecule is CCNC(=NCc1ccc(N2CC=CC2)cc1)N1CCC(C)CC1.I. The fourth-order valence-electron chi connectivity index (χ4n) is 3.31. The fraction of sp³-hybridized carbons (Fsp3) is 0.550. The maximum Gasteiger partial charge on any atom is 0.194 e. The number of hydrogen-bond acceptors (Lipinski definition) is 2. The number of guanidine groups is 1. The highest BCUT2D eigenvalue weighted by atomic mass is 127. The summed E-state index contributed by atoms with van der Waals surface area (Å²) in [5.41, 5.74) is 2.57. The van der Waals surface area contributed by atoms with Crippen LogP contribution in [0.4, 0.5) is 5.69 Å². The highest BCUT2D eigenvalue weighted by Crippen LogP contribution is 2.19. The maximum atomic E-state index is 4.87. The van der Waals surface area contributed by atoms with E-state index >= 15 is 0 Å². The van der Waals surface area contributed by atoms with Crippen LogP contribution in [0.1, 0.15) is 32.3 Å². The Morgan fingerprint density at radius 3 is 2.36 bits per heavy atom. The summed E-state index contributed by atoms with van der Waals surface area (Å²) < 4.78 is 0. The number of hydrogen-bond donors (Lipinski definition) is 1.